The van der Waals surface area contributed by atoms with E-state index in [0.717, 1.165) is 36.9 Å². The number of rotatable bonds is 3. The maximum absolute atomic E-state index is 14.3. The highest BCUT2D eigenvalue weighted by Gasteiger charge is 2.56. The molecule has 3 aliphatic heterocycles. The van der Waals surface area contributed by atoms with Crippen LogP contribution in [0, 0.1) is 5.82 Å². The van der Waals surface area contributed by atoms with Gasteiger partial charge in [0.05, 0.1) is 12.9 Å². The molecule has 0 radical (unpaired) electrons. The van der Waals surface area contributed by atoms with Gasteiger partial charge in [-0.15, -0.1) is 0 Å². The largest absolute Gasteiger partial charge is 0.394 e. The SMILES string of the molecule is CC1(C)OC2C(O1)[C@@H](CO)O[C@H]2n1cnc2c(N3CC4(CCCC4)c4cc(F)ccc43)nc(Cl)nc21. The molecule has 2 aromatic heterocycles. The number of hydrogen-bond donors (Lipinski definition) is 1. The Balaban J connectivity index is 1.33. The number of imidazole rings is 1. The van der Waals surface area contributed by atoms with Crippen molar-refractivity contribution < 1.29 is 23.7 Å². The lowest BCUT2D eigenvalue weighted by Crippen LogP contribution is -2.31. The Bertz CT molecular complexity index is 1360. The van der Waals surface area contributed by atoms with Gasteiger partial charge in [0.15, 0.2) is 29.0 Å². The molecule has 3 aromatic rings. The van der Waals surface area contributed by atoms with Crippen molar-refractivity contribution in [2.45, 2.75) is 75.3 Å². The lowest BCUT2D eigenvalue weighted by atomic mass is 9.81. The van der Waals surface area contributed by atoms with Crippen LogP contribution < -0.4 is 4.90 Å². The summed E-state index contributed by atoms with van der Waals surface area (Å²) in [6, 6.07) is 4.97. The van der Waals surface area contributed by atoms with Gasteiger partial charge in [-0.3, -0.25) is 4.57 Å². The Kier molecular flexibility index (Phi) is 4.95. The number of halogens is 2. The minimum atomic E-state index is -0.802. The molecule has 5 heterocycles. The van der Waals surface area contributed by atoms with Crippen LogP contribution in [0.5, 0.6) is 0 Å². The predicted octanol–water partition coefficient (Wildman–Crippen LogP) is 3.99. The number of aliphatic hydroxyl groups is 1. The Hall–Kier alpha value is -2.37. The summed E-state index contributed by atoms with van der Waals surface area (Å²) in [6.07, 6.45) is 3.85. The Morgan fingerprint density at radius 1 is 1.17 bits per heavy atom. The van der Waals surface area contributed by atoms with E-state index in [1.54, 1.807) is 17.0 Å². The second-order valence-electron chi connectivity index (χ2n) is 10.7. The van der Waals surface area contributed by atoms with Crippen LogP contribution in [0.25, 0.3) is 11.2 Å². The zero-order chi connectivity index (χ0) is 24.8. The van der Waals surface area contributed by atoms with Crippen LogP contribution in [0.15, 0.2) is 24.5 Å². The van der Waals surface area contributed by atoms with Crippen LogP contribution >= 0.6 is 11.6 Å². The van der Waals surface area contributed by atoms with Crippen molar-refractivity contribution in [1.29, 1.82) is 0 Å². The van der Waals surface area contributed by atoms with Crippen LogP contribution in [0.1, 0.15) is 51.3 Å². The summed E-state index contributed by atoms with van der Waals surface area (Å²) in [4.78, 5) is 15.9. The molecule has 1 N–H and O–H groups in total. The molecular formula is C25H27ClFN5O4. The maximum atomic E-state index is 14.3. The quantitative estimate of drug-likeness (QED) is 0.523. The fraction of sp³-hybridized carbons (Fsp3) is 0.560. The lowest BCUT2D eigenvalue weighted by molar-refractivity contribution is -0.199. The van der Waals surface area contributed by atoms with Gasteiger partial charge in [0.1, 0.15) is 24.1 Å². The third-order valence-electron chi connectivity index (χ3n) is 8.05. The van der Waals surface area contributed by atoms with E-state index >= 15 is 0 Å². The molecule has 4 atom stereocenters. The highest BCUT2D eigenvalue weighted by atomic mass is 35.5. The molecule has 0 amide bonds. The fourth-order valence-electron chi connectivity index (χ4n) is 6.59. The number of benzene rings is 1. The number of aromatic nitrogens is 4. The van der Waals surface area contributed by atoms with E-state index in [9.17, 15) is 9.50 Å². The number of fused-ring (bicyclic) bond motifs is 4. The van der Waals surface area contributed by atoms with E-state index < -0.39 is 30.3 Å². The van der Waals surface area contributed by atoms with Gasteiger partial charge in [0.25, 0.3) is 0 Å². The van der Waals surface area contributed by atoms with Gasteiger partial charge in [-0.2, -0.15) is 9.97 Å². The molecule has 1 saturated carbocycles. The summed E-state index contributed by atoms with van der Waals surface area (Å²) in [5, 5.41) is 9.97. The smallest absolute Gasteiger partial charge is 0.226 e. The van der Waals surface area contributed by atoms with E-state index in [1.165, 1.54) is 6.07 Å². The third kappa shape index (κ3) is 3.24. The van der Waals surface area contributed by atoms with E-state index in [1.807, 2.05) is 19.9 Å². The summed E-state index contributed by atoms with van der Waals surface area (Å²) in [6.45, 7) is 4.16. The number of nitrogens with zero attached hydrogens (tertiary/aromatic N) is 5. The maximum Gasteiger partial charge on any atom is 0.226 e. The molecule has 2 saturated heterocycles. The van der Waals surface area contributed by atoms with Crippen LogP contribution in [0.3, 0.4) is 0 Å². The first-order valence-electron chi connectivity index (χ1n) is 12.4. The molecule has 1 aromatic carbocycles. The van der Waals surface area contributed by atoms with E-state index in [0.29, 0.717) is 23.5 Å². The average Bonchev–Trinajstić information content (AvgIpc) is 3.63. The summed E-state index contributed by atoms with van der Waals surface area (Å²) in [5.74, 6) is -0.453. The number of aliphatic hydroxyl groups excluding tert-OH is 1. The van der Waals surface area contributed by atoms with Crippen LogP contribution in [0.4, 0.5) is 15.9 Å². The van der Waals surface area contributed by atoms with Crippen molar-refractivity contribution in [1.82, 2.24) is 19.5 Å². The molecule has 4 aliphatic rings. The molecule has 2 unspecified atom stereocenters. The summed E-state index contributed by atoms with van der Waals surface area (Å²) in [7, 11) is 0. The minimum absolute atomic E-state index is 0.0764. The third-order valence-corrected chi connectivity index (χ3v) is 8.22. The molecule has 11 heteroatoms. The van der Waals surface area contributed by atoms with Gasteiger partial charge in [-0.25, -0.2) is 9.37 Å². The number of anilines is 2. The van der Waals surface area contributed by atoms with Crippen LogP contribution in [-0.2, 0) is 19.6 Å². The van der Waals surface area contributed by atoms with Crippen LogP contribution in [0.2, 0.25) is 5.28 Å². The van der Waals surface area contributed by atoms with Crippen molar-refractivity contribution in [3.05, 3.63) is 41.2 Å². The zero-order valence-corrected chi connectivity index (χ0v) is 20.8. The number of ether oxygens (including phenoxy) is 3. The second kappa shape index (κ2) is 7.82. The predicted molar refractivity (Wildman–Crippen MR) is 129 cm³/mol. The molecule has 36 heavy (non-hydrogen) atoms. The molecule has 0 bridgehead atoms. The van der Waals surface area contributed by atoms with Gasteiger partial charge in [0, 0.05) is 17.6 Å². The monoisotopic (exact) mass is 515 g/mol. The van der Waals surface area contributed by atoms with Crippen molar-refractivity contribution in [2.75, 3.05) is 18.1 Å². The first kappa shape index (κ1) is 22.8. The summed E-state index contributed by atoms with van der Waals surface area (Å²) < 4.78 is 34.4. The van der Waals surface area contributed by atoms with Gasteiger partial charge < -0.3 is 24.2 Å². The highest BCUT2D eigenvalue weighted by Crippen LogP contribution is 2.53. The van der Waals surface area contributed by atoms with E-state index in [4.69, 9.17) is 25.8 Å². The average molecular weight is 516 g/mol. The molecule has 190 valence electrons. The summed E-state index contributed by atoms with van der Waals surface area (Å²) in [5.41, 5.74) is 2.90. The lowest BCUT2D eigenvalue weighted by Gasteiger charge is -2.25. The van der Waals surface area contributed by atoms with Crippen LogP contribution in [-0.4, -0.2) is 61.9 Å². The van der Waals surface area contributed by atoms with Gasteiger partial charge in [-0.1, -0.05) is 12.8 Å². The second-order valence-corrected chi connectivity index (χ2v) is 11.0. The zero-order valence-electron chi connectivity index (χ0n) is 20.0. The number of hydrogen-bond acceptors (Lipinski definition) is 8. The van der Waals surface area contributed by atoms with Crippen molar-refractivity contribution in [3.63, 3.8) is 0 Å². The van der Waals surface area contributed by atoms with Crippen molar-refractivity contribution in [2.24, 2.45) is 0 Å². The molecule has 1 aliphatic carbocycles. The van der Waals surface area contributed by atoms with Crippen molar-refractivity contribution in [3.8, 4) is 0 Å². The van der Waals surface area contributed by atoms with Gasteiger partial charge in [-0.05, 0) is 62.1 Å². The fourth-order valence-corrected chi connectivity index (χ4v) is 6.75. The van der Waals surface area contributed by atoms with Gasteiger partial charge in [0.2, 0.25) is 5.28 Å². The molecule has 9 nitrogen and oxygen atoms in total. The van der Waals surface area contributed by atoms with Crippen molar-refractivity contribution >= 4 is 34.3 Å². The first-order valence-corrected chi connectivity index (χ1v) is 12.8. The highest BCUT2D eigenvalue weighted by molar-refractivity contribution is 6.28. The van der Waals surface area contributed by atoms with E-state index in [2.05, 4.69) is 19.9 Å². The molecular weight excluding hydrogens is 489 g/mol. The molecule has 3 fully saturated rings. The first-order chi connectivity index (χ1) is 17.3. The molecule has 7 rings (SSSR count). The van der Waals surface area contributed by atoms with E-state index in [-0.39, 0.29) is 23.1 Å². The molecule has 1 spiro atoms. The minimum Gasteiger partial charge on any atom is -0.394 e. The Morgan fingerprint density at radius 3 is 2.72 bits per heavy atom. The Labute approximate surface area is 212 Å². The standard InChI is InChI=1S/C25H27ClFN5O4/c1-24(2)35-18-16(10-33)34-22(19(18)36-24)32-12-28-17-20(29-23(26)30-21(17)32)31-11-25(7-3-4-8-25)14-9-13(27)5-6-15(14)31/h5-6,9,12,16,18-19,22,33H,3-4,7-8,10-11H2,1-2H3/t16-,18?,19?,22-/m1/s1. The Morgan fingerprint density at radius 2 is 1.94 bits per heavy atom. The topological polar surface area (TPSA) is 94.8 Å². The summed E-state index contributed by atoms with van der Waals surface area (Å²) >= 11 is 6.47. The van der Waals surface area contributed by atoms with Gasteiger partial charge >= 0.3 is 0 Å². The normalized spacial score (nSPS) is 30.0.